The van der Waals surface area contributed by atoms with Crippen molar-refractivity contribution < 1.29 is 0 Å². The summed E-state index contributed by atoms with van der Waals surface area (Å²) in [5, 5.41) is 14.6. The number of benzene rings is 2. The highest BCUT2D eigenvalue weighted by Crippen LogP contribution is 2.28. The molecule has 0 aliphatic carbocycles. The Morgan fingerprint density at radius 1 is 1.10 bits per heavy atom. The van der Waals surface area contributed by atoms with Gasteiger partial charge in [0.05, 0.1) is 11.3 Å². The molecule has 20 heavy (non-hydrogen) atoms. The fourth-order valence-corrected chi connectivity index (χ4v) is 2.14. The van der Waals surface area contributed by atoms with Gasteiger partial charge in [0.25, 0.3) is 0 Å². The molecule has 3 N–H and O–H groups in total. The first kappa shape index (κ1) is 12.0. The fraction of sp³-hybridized carbons (Fsp3) is 0. The molecule has 0 amide bonds. The van der Waals surface area contributed by atoms with E-state index in [2.05, 4.69) is 16.4 Å². The molecule has 1 heterocycles. The molecule has 0 spiro atoms. The molecule has 96 valence electrons. The maximum Gasteiger partial charge on any atom is 0.101 e. The molecule has 0 unspecified atom stereocenters. The molecule has 0 fully saturated rings. The largest absolute Gasteiger partial charge is 0.399 e. The van der Waals surface area contributed by atoms with Crippen LogP contribution in [-0.2, 0) is 0 Å². The molecule has 3 aromatic rings. The van der Waals surface area contributed by atoms with E-state index in [1.165, 1.54) is 0 Å². The van der Waals surface area contributed by atoms with Gasteiger partial charge in [0.15, 0.2) is 0 Å². The molecular weight excluding hydrogens is 248 g/mol. The predicted molar refractivity (Wildman–Crippen MR) is 80.6 cm³/mol. The monoisotopic (exact) mass is 260 g/mol. The minimum absolute atomic E-state index is 0.524. The third-order valence-electron chi connectivity index (χ3n) is 3.11. The molecule has 4 heteroatoms. The van der Waals surface area contributed by atoms with Gasteiger partial charge in [-0.3, -0.25) is 4.98 Å². The Kier molecular flexibility index (Phi) is 2.94. The van der Waals surface area contributed by atoms with E-state index in [1.807, 2.05) is 36.5 Å². The minimum atomic E-state index is 0.524. The number of anilines is 3. The summed E-state index contributed by atoms with van der Waals surface area (Å²) in [6.45, 7) is 0. The quantitative estimate of drug-likeness (QED) is 0.692. The van der Waals surface area contributed by atoms with Gasteiger partial charge in [-0.05, 0) is 30.3 Å². The molecule has 4 nitrogen and oxygen atoms in total. The number of hydrogen-bond donors (Lipinski definition) is 2. The van der Waals surface area contributed by atoms with Crippen molar-refractivity contribution in [2.24, 2.45) is 0 Å². The second-order valence-electron chi connectivity index (χ2n) is 4.44. The fourth-order valence-electron chi connectivity index (χ4n) is 2.14. The van der Waals surface area contributed by atoms with Crippen molar-refractivity contribution in [2.75, 3.05) is 11.1 Å². The smallest absolute Gasteiger partial charge is 0.101 e. The summed E-state index contributed by atoms with van der Waals surface area (Å²) in [6, 6.07) is 15.3. The first-order valence-corrected chi connectivity index (χ1v) is 6.17. The van der Waals surface area contributed by atoms with Gasteiger partial charge in [0.2, 0.25) is 0 Å². The Labute approximate surface area is 116 Å². The summed E-state index contributed by atoms with van der Waals surface area (Å²) in [7, 11) is 0. The molecule has 2 aromatic carbocycles. The van der Waals surface area contributed by atoms with Gasteiger partial charge >= 0.3 is 0 Å². The average Bonchev–Trinajstić information content (AvgIpc) is 2.49. The minimum Gasteiger partial charge on any atom is -0.399 e. The zero-order chi connectivity index (χ0) is 13.9. The van der Waals surface area contributed by atoms with Crippen molar-refractivity contribution in [3.05, 3.63) is 60.4 Å². The molecule has 1 aromatic heterocycles. The normalized spacial score (nSPS) is 10.2. The standard InChI is InChI=1S/C16H12N4/c17-9-12-8-13(18)4-5-15(12)20-16-3-1-2-11-10-19-7-6-14(11)16/h1-8,10,20H,18H2. The Morgan fingerprint density at radius 2 is 2.00 bits per heavy atom. The maximum atomic E-state index is 9.18. The van der Waals surface area contributed by atoms with Crippen molar-refractivity contribution in [3.8, 4) is 6.07 Å². The summed E-state index contributed by atoms with van der Waals surface area (Å²) >= 11 is 0. The lowest BCUT2D eigenvalue weighted by Gasteiger charge is -2.11. The van der Waals surface area contributed by atoms with Crippen LogP contribution in [0.3, 0.4) is 0 Å². The number of rotatable bonds is 2. The highest BCUT2D eigenvalue weighted by molar-refractivity contribution is 5.95. The Morgan fingerprint density at radius 3 is 2.85 bits per heavy atom. The van der Waals surface area contributed by atoms with Gasteiger partial charge in [0, 0.05) is 34.5 Å². The number of pyridine rings is 1. The summed E-state index contributed by atoms with van der Waals surface area (Å²) in [5.74, 6) is 0. The van der Waals surface area contributed by atoms with E-state index in [1.54, 1.807) is 18.3 Å². The van der Waals surface area contributed by atoms with E-state index < -0.39 is 0 Å². The number of hydrogen-bond acceptors (Lipinski definition) is 4. The Balaban J connectivity index is 2.08. The van der Waals surface area contributed by atoms with Crippen LogP contribution < -0.4 is 11.1 Å². The zero-order valence-corrected chi connectivity index (χ0v) is 10.7. The molecule has 0 radical (unpaired) electrons. The molecule has 0 saturated heterocycles. The van der Waals surface area contributed by atoms with Crippen molar-refractivity contribution in [2.45, 2.75) is 0 Å². The van der Waals surface area contributed by atoms with Gasteiger partial charge in [-0.25, -0.2) is 0 Å². The number of nitrogen functional groups attached to an aromatic ring is 1. The third kappa shape index (κ3) is 2.13. The molecule has 0 aliphatic heterocycles. The topological polar surface area (TPSA) is 74.7 Å². The van der Waals surface area contributed by atoms with Crippen LogP contribution in [0.1, 0.15) is 5.56 Å². The first-order chi connectivity index (χ1) is 9.78. The lowest BCUT2D eigenvalue weighted by molar-refractivity contribution is 1.36. The summed E-state index contributed by atoms with van der Waals surface area (Å²) in [5.41, 5.74) is 8.48. The Bertz CT molecular complexity index is 813. The van der Waals surface area contributed by atoms with Gasteiger partial charge in [0.1, 0.15) is 6.07 Å². The van der Waals surface area contributed by atoms with E-state index in [0.29, 0.717) is 11.3 Å². The molecule has 0 bridgehead atoms. The third-order valence-corrected chi connectivity index (χ3v) is 3.11. The lowest BCUT2D eigenvalue weighted by Crippen LogP contribution is -1.96. The molecule has 3 rings (SSSR count). The van der Waals surface area contributed by atoms with Crippen LogP contribution >= 0.6 is 0 Å². The van der Waals surface area contributed by atoms with Gasteiger partial charge in [-0.1, -0.05) is 12.1 Å². The van der Waals surface area contributed by atoms with Crippen molar-refractivity contribution in [1.82, 2.24) is 4.98 Å². The van der Waals surface area contributed by atoms with E-state index in [4.69, 9.17) is 5.73 Å². The second kappa shape index (κ2) is 4.90. The van der Waals surface area contributed by atoms with E-state index in [0.717, 1.165) is 22.1 Å². The molecular formula is C16H12N4. The summed E-state index contributed by atoms with van der Waals surface area (Å²) < 4.78 is 0. The van der Waals surface area contributed by atoms with E-state index >= 15 is 0 Å². The van der Waals surface area contributed by atoms with E-state index in [-0.39, 0.29) is 0 Å². The highest BCUT2D eigenvalue weighted by Gasteiger charge is 2.05. The van der Waals surface area contributed by atoms with Crippen LogP contribution in [0.25, 0.3) is 10.8 Å². The number of nitrogens with two attached hydrogens (primary N) is 1. The number of aromatic nitrogens is 1. The Hall–Kier alpha value is -3.06. The average molecular weight is 260 g/mol. The van der Waals surface area contributed by atoms with Crippen LogP contribution in [-0.4, -0.2) is 4.98 Å². The van der Waals surface area contributed by atoms with Crippen LogP contribution in [0.4, 0.5) is 17.1 Å². The van der Waals surface area contributed by atoms with Gasteiger partial charge in [-0.15, -0.1) is 0 Å². The number of nitriles is 1. The molecule has 0 saturated carbocycles. The van der Waals surface area contributed by atoms with Crippen LogP contribution in [0, 0.1) is 11.3 Å². The maximum absolute atomic E-state index is 9.18. The van der Waals surface area contributed by atoms with Crippen molar-refractivity contribution >= 4 is 27.8 Å². The number of nitrogens with zero attached hydrogens (tertiary/aromatic N) is 2. The predicted octanol–water partition coefficient (Wildman–Crippen LogP) is 3.43. The second-order valence-corrected chi connectivity index (χ2v) is 4.44. The highest BCUT2D eigenvalue weighted by atomic mass is 14.9. The molecule has 0 atom stereocenters. The van der Waals surface area contributed by atoms with Gasteiger partial charge in [-0.2, -0.15) is 5.26 Å². The van der Waals surface area contributed by atoms with Crippen molar-refractivity contribution in [3.63, 3.8) is 0 Å². The van der Waals surface area contributed by atoms with Crippen LogP contribution in [0.5, 0.6) is 0 Å². The molecule has 0 aliphatic rings. The van der Waals surface area contributed by atoms with Crippen LogP contribution in [0.15, 0.2) is 54.9 Å². The van der Waals surface area contributed by atoms with E-state index in [9.17, 15) is 5.26 Å². The zero-order valence-electron chi connectivity index (χ0n) is 10.7. The summed E-state index contributed by atoms with van der Waals surface area (Å²) in [4.78, 5) is 4.11. The van der Waals surface area contributed by atoms with Crippen LogP contribution in [0.2, 0.25) is 0 Å². The SMILES string of the molecule is N#Cc1cc(N)ccc1Nc1cccc2cnccc12. The summed E-state index contributed by atoms with van der Waals surface area (Å²) in [6.07, 6.45) is 3.57. The number of fused-ring (bicyclic) bond motifs is 1. The van der Waals surface area contributed by atoms with Gasteiger partial charge < -0.3 is 11.1 Å². The number of nitrogens with one attached hydrogen (secondary N) is 1. The first-order valence-electron chi connectivity index (χ1n) is 6.17. The van der Waals surface area contributed by atoms with Crippen molar-refractivity contribution in [1.29, 1.82) is 5.26 Å². The lowest BCUT2D eigenvalue weighted by atomic mass is 10.1.